The van der Waals surface area contributed by atoms with E-state index >= 15 is 0 Å². The molecule has 124 valence electrons. The number of aryl methyl sites for hydroxylation is 2. The first-order valence-corrected chi connectivity index (χ1v) is 9.17. The van der Waals surface area contributed by atoms with Crippen molar-refractivity contribution in [3.8, 4) is 0 Å². The lowest BCUT2D eigenvalue weighted by Gasteiger charge is -2.26. The van der Waals surface area contributed by atoms with E-state index in [1.807, 2.05) is 4.68 Å². The zero-order valence-corrected chi connectivity index (χ0v) is 15.1. The quantitative estimate of drug-likeness (QED) is 0.738. The molecule has 0 spiro atoms. The highest BCUT2D eigenvalue weighted by Crippen LogP contribution is 2.23. The Hall–Kier alpha value is -1.28. The van der Waals surface area contributed by atoms with Gasteiger partial charge in [-0.25, -0.2) is 0 Å². The highest BCUT2D eigenvalue weighted by molar-refractivity contribution is 7.73. The zero-order chi connectivity index (χ0) is 16.4. The minimum atomic E-state index is -0.195. The second kappa shape index (κ2) is 7.09. The summed E-state index contributed by atoms with van der Waals surface area (Å²) in [7, 11) is 0. The molecule has 2 heterocycles. The number of hydrogen-bond acceptors (Lipinski definition) is 5. The van der Waals surface area contributed by atoms with Crippen LogP contribution in [0.15, 0.2) is 18.2 Å². The Morgan fingerprint density at radius 2 is 2.30 bits per heavy atom. The molecule has 3 N–H and O–H groups in total. The van der Waals surface area contributed by atoms with Gasteiger partial charge in [0.2, 0.25) is 5.13 Å². The number of likely N-dealkylation sites (tertiary alicyclic amines) is 1. The van der Waals surface area contributed by atoms with Crippen LogP contribution in [0.4, 0.5) is 10.8 Å². The van der Waals surface area contributed by atoms with Crippen molar-refractivity contribution in [2.45, 2.75) is 39.5 Å². The number of benzene rings is 1. The Balaban J connectivity index is 1.71. The molecule has 1 aliphatic heterocycles. The van der Waals surface area contributed by atoms with Gasteiger partial charge >= 0.3 is 0 Å². The summed E-state index contributed by atoms with van der Waals surface area (Å²) >= 11 is 6.93. The largest absolute Gasteiger partial charge is 0.387 e. The summed E-state index contributed by atoms with van der Waals surface area (Å²) in [5.41, 5.74) is 3.51. The number of aliphatic hydroxyl groups is 1. The van der Waals surface area contributed by atoms with E-state index in [2.05, 4.69) is 42.5 Å². The Morgan fingerprint density at radius 3 is 3.04 bits per heavy atom. The maximum atomic E-state index is 9.79. The van der Waals surface area contributed by atoms with E-state index in [-0.39, 0.29) is 6.10 Å². The van der Waals surface area contributed by atoms with Gasteiger partial charge in [0.15, 0.2) is 10.6 Å². The third-order valence-electron chi connectivity index (χ3n) is 4.20. The molecule has 0 aliphatic carbocycles. The molecule has 2 aromatic rings. The predicted molar refractivity (Wildman–Crippen MR) is 96.1 cm³/mol. The standard InChI is InChI=1S/C16H22N4OS2/c1-11-5-6-14(12(2)8-11)17-15-18-20(16(22)23-15)10-19-7-3-4-13(21)9-19/h5-6,8,13,21H,3-4,7,9-10H2,1-2H3,(H,17,18)/p+1/t13-/m0/s1. The van der Waals surface area contributed by atoms with E-state index in [1.54, 1.807) is 0 Å². The van der Waals surface area contributed by atoms with Crippen molar-refractivity contribution in [2.75, 3.05) is 18.4 Å². The maximum absolute atomic E-state index is 9.79. The lowest BCUT2D eigenvalue weighted by atomic mass is 10.1. The zero-order valence-electron chi connectivity index (χ0n) is 13.5. The lowest BCUT2D eigenvalue weighted by Crippen LogP contribution is -3.13. The molecule has 0 saturated carbocycles. The number of aliphatic hydroxyl groups excluding tert-OH is 1. The molecule has 5 nitrogen and oxygen atoms in total. The van der Waals surface area contributed by atoms with Crippen LogP contribution in [-0.4, -0.2) is 34.1 Å². The van der Waals surface area contributed by atoms with Crippen molar-refractivity contribution >= 4 is 34.4 Å². The second-order valence-corrected chi connectivity index (χ2v) is 7.90. The Kier molecular flexibility index (Phi) is 5.11. The summed E-state index contributed by atoms with van der Waals surface area (Å²) in [6, 6.07) is 6.31. The number of aromatic nitrogens is 2. The maximum Gasteiger partial charge on any atom is 0.209 e. The molecule has 1 saturated heterocycles. The van der Waals surface area contributed by atoms with Gasteiger partial charge in [0.1, 0.15) is 12.6 Å². The van der Waals surface area contributed by atoms with E-state index < -0.39 is 0 Å². The Labute approximate surface area is 145 Å². The van der Waals surface area contributed by atoms with Crippen LogP contribution in [0.25, 0.3) is 0 Å². The number of nitrogens with one attached hydrogen (secondary N) is 2. The van der Waals surface area contributed by atoms with E-state index in [0.717, 1.165) is 47.4 Å². The van der Waals surface area contributed by atoms with Gasteiger partial charge in [-0.3, -0.25) is 0 Å². The molecule has 0 bridgehead atoms. The van der Waals surface area contributed by atoms with Gasteiger partial charge in [-0.05, 0) is 50.5 Å². The van der Waals surface area contributed by atoms with Gasteiger partial charge in [-0.15, -0.1) is 5.10 Å². The molecule has 1 fully saturated rings. The van der Waals surface area contributed by atoms with Crippen molar-refractivity contribution in [1.29, 1.82) is 0 Å². The predicted octanol–water partition coefficient (Wildman–Crippen LogP) is 2.03. The fourth-order valence-corrected chi connectivity index (χ4v) is 4.02. The van der Waals surface area contributed by atoms with Crippen LogP contribution in [0.2, 0.25) is 0 Å². The number of rotatable bonds is 4. The van der Waals surface area contributed by atoms with Crippen LogP contribution in [0.1, 0.15) is 24.0 Å². The SMILES string of the molecule is Cc1ccc(Nc2nn(C[NH+]3CCC[C@H](O)C3)c(=S)s2)c(C)c1. The Bertz CT molecular complexity index is 740. The molecule has 1 aromatic carbocycles. The highest BCUT2D eigenvalue weighted by Gasteiger charge is 2.22. The molecule has 1 aliphatic rings. The van der Waals surface area contributed by atoms with Crippen LogP contribution in [-0.2, 0) is 6.67 Å². The van der Waals surface area contributed by atoms with E-state index in [4.69, 9.17) is 12.2 Å². The molecule has 2 atom stereocenters. The average molecular weight is 352 g/mol. The third-order valence-corrected chi connectivity index (χ3v) is 5.42. The summed E-state index contributed by atoms with van der Waals surface area (Å²) in [4.78, 5) is 1.34. The van der Waals surface area contributed by atoms with Gasteiger partial charge in [0.25, 0.3) is 0 Å². The molecule has 0 radical (unpaired) electrons. The van der Waals surface area contributed by atoms with Crippen molar-refractivity contribution in [2.24, 2.45) is 0 Å². The van der Waals surface area contributed by atoms with Crippen LogP contribution in [0.3, 0.4) is 0 Å². The van der Waals surface area contributed by atoms with Crippen LogP contribution >= 0.6 is 23.6 Å². The fourth-order valence-electron chi connectivity index (χ4n) is 3.01. The molecule has 1 unspecified atom stereocenters. The average Bonchev–Trinajstić information content (AvgIpc) is 2.82. The normalized spacial score (nSPS) is 21.3. The number of anilines is 2. The summed E-state index contributed by atoms with van der Waals surface area (Å²) < 4.78 is 2.64. The molecular formula is C16H23N4OS2+. The molecule has 3 rings (SSSR count). The van der Waals surface area contributed by atoms with Crippen molar-refractivity contribution in [3.05, 3.63) is 33.3 Å². The molecule has 23 heavy (non-hydrogen) atoms. The fraction of sp³-hybridized carbons (Fsp3) is 0.500. The number of piperidine rings is 1. The van der Waals surface area contributed by atoms with Crippen LogP contribution < -0.4 is 10.2 Å². The second-order valence-electron chi connectivity index (χ2n) is 6.27. The van der Waals surface area contributed by atoms with Gasteiger partial charge in [0.05, 0.1) is 6.54 Å². The number of nitrogens with zero attached hydrogens (tertiary/aromatic N) is 2. The first-order chi connectivity index (χ1) is 11.0. The molecule has 0 amide bonds. The monoisotopic (exact) mass is 351 g/mol. The number of hydrogen-bond donors (Lipinski definition) is 3. The van der Waals surface area contributed by atoms with Crippen molar-refractivity contribution in [1.82, 2.24) is 9.78 Å². The smallest absolute Gasteiger partial charge is 0.209 e. The Morgan fingerprint density at radius 1 is 1.48 bits per heavy atom. The number of quaternary nitrogens is 1. The third kappa shape index (κ3) is 4.17. The van der Waals surface area contributed by atoms with E-state index in [1.165, 1.54) is 27.4 Å². The van der Waals surface area contributed by atoms with Gasteiger partial charge < -0.3 is 15.3 Å². The molecular weight excluding hydrogens is 328 g/mol. The summed E-state index contributed by atoms with van der Waals surface area (Å²) in [6.07, 6.45) is 1.77. The van der Waals surface area contributed by atoms with Gasteiger partial charge in [-0.2, -0.15) is 4.68 Å². The molecule has 1 aromatic heterocycles. The van der Waals surface area contributed by atoms with Gasteiger partial charge in [-0.1, -0.05) is 29.0 Å². The summed E-state index contributed by atoms with van der Waals surface area (Å²) in [5.74, 6) is 0. The van der Waals surface area contributed by atoms with Crippen LogP contribution in [0.5, 0.6) is 0 Å². The van der Waals surface area contributed by atoms with E-state index in [9.17, 15) is 5.11 Å². The minimum Gasteiger partial charge on any atom is -0.387 e. The first-order valence-electron chi connectivity index (χ1n) is 7.95. The molecule has 7 heteroatoms. The first kappa shape index (κ1) is 16.6. The summed E-state index contributed by atoms with van der Waals surface area (Å²) in [6.45, 7) is 6.74. The lowest BCUT2D eigenvalue weighted by molar-refractivity contribution is -0.931. The highest BCUT2D eigenvalue weighted by atomic mass is 32.1. The summed E-state index contributed by atoms with van der Waals surface area (Å²) in [5, 5.41) is 18.6. The topological polar surface area (TPSA) is 54.5 Å². The van der Waals surface area contributed by atoms with E-state index in [0.29, 0.717) is 0 Å². The van der Waals surface area contributed by atoms with Crippen LogP contribution in [0, 0.1) is 17.8 Å². The van der Waals surface area contributed by atoms with Crippen molar-refractivity contribution < 1.29 is 10.0 Å². The van der Waals surface area contributed by atoms with Crippen molar-refractivity contribution in [3.63, 3.8) is 0 Å². The van der Waals surface area contributed by atoms with Gasteiger partial charge in [0, 0.05) is 5.69 Å². The minimum absolute atomic E-state index is 0.195.